The zero-order valence-electron chi connectivity index (χ0n) is 16.4. The van der Waals surface area contributed by atoms with Gasteiger partial charge < -0.3 is 5.32 Å². The van der Waals surface area contributed by atoms with Crippen molar-refractivity contribution < 1.29 is 13.2 Å². The van der Waals surface area contributed by atoms with Gasteiger partial charge in [0.2, 0.25) is 15.9 Å². The number of carbonyl (C=O) groups is 1. The van der Waals surface area contributed by atoms with Crippen LogP contribution < -0.4 is 5.32 Å². The van der Waals surface area contributed by atoms with E-state index in [9.17, 15) is 13.2 Å². The van der Waals surface area contributed by atoms with Gasteiger partial charge in [0.15, 0.2) is 0 Å². The highest BCUT2D eigenvalue weighted by Crippen LogP contribution is 2.22. The Morgan fingerprint density at radius 1 is 1.00 bits per heavy atom. The number of amides is 1. The zero-order chi connectivity index (χ0) is 20.7. The molecule has 2 aromatic rings. The van der Waals surface area contributed by atoms with Crippen molar-refractivity contribution in [3.8, 4) is 0 Å². The van der Waals surface area contributed by atoms with Crippen molar-refractivity contribution in [3.05, 3.63) is 70.7 Å². The van der Waals surface area contributed by atoms with E-state index in [4.69, 9.17) is 11.6 Å². The van der Waals surface area contributed by atoms with E-state index in [-0.39, 0.29) is 17.6 Å². The van der Waals surface area contributed by atoms with Crippen LogP contribution in [-0.4, -0.2) is 38.3 Å². The number of piperidine rings is 1. The molecule has 0 spiro atoms. The lowest BCUT2D eigenvalue weighted by atomic mass is 9.97. The second kappa shape index (κ2) is 10.2. The molecule has 1 aliphatic rings. The van der Waals surface area contributed by atoms with Gasteiger partial charge in [-0.05, 0) is 48.9 Å². The largest absolute Gasteiger partial charge is 0.356 e. The summed E-state index contributed by atoms with van der Waals surface area (Å²) in [5.41, 5.74) is 1.98. The fraction of sp³-hybridized carbons (Fsp3) is 0.409. The molecular formula is C22H27ClN2O3S. The molecular weight excluding hydrogens is 408 g/mol. The number of aryl methyl sites for hydroxylation is 1. The SMILES string of the molecule is O=C(NCCCc1ccc(Cl)cc1)C1CCN(S(=O)(=O)Cc2ccccc2)CC1. The van der Waals surface area contributed by atoms with Gasteiger partial charge in [-0.2, -0.15) is 0 Å². The van der Waals surface area contributed by atoms with Crippen LogP contribution in [0.25, 0.3) is 0 Å². The van der Waals surface area contributed by atoms with Gasteiger partial charge in [0, 0.05) is 30.6 Å². The predicted octanol–water partition coefficient (Wildman–Crippen LogP) is 3.63. The van der Waals surface area contributed by atoms with Gasteiger partial charge in [0.25, 0.3) is 0 Å². The van der Waals surface area contributed by atoms with E-state index in [1.807, 2.05) is 54.6 Å². The Balaban J connectivity index is 1.39. The van der Waals surface area contributed by atoms with E-state index in [0.29, 0.717) is 32.5 Å². The minimum atomic E-state index is -3.35. The lowest BCUT2D eigenvalue weighted by Crippen LogP contribution is -2.43. The smallest absolute Gasteiger partial charge is 0.223 e. The van der Waals surface area contributed by atoms with Crippen LogP contribution in [0, 0.1) is 5.92 Å². The van der Waals surface area contributed by atoms with Crippen LogP contribution in [0.15, 0.2) is 54.6 Å². The summed E-state index contributed by atoms with van der Waals surface area (Å²) in [5.74, 6) is -0.0787. The predicted molar refractivity (Wildman–Crippen MR) is 116 cm³/mol. The number of carbonyl (C=O) groups excluding carboxylic acids is 1. The molecule has 2 aromatic carbocycles. The third-order valence-corrected chi connectivity index (χ3v) is 7.37. The summed E-state index contributed by atoms with van der Waals surface area (Å²) >= 11 is 5.88. The van der Waals surface area contributed by atoms with Crippen LogP contribution in [-0.2, 0) is 27.0 Å². The first-order valence-corrected chi connectivity index (χ1v) is 12.0. The standard InChI is InChI=1S/C22H27ClN2O3S/c23-21-10-8-18(9-11-21)7-4-14-24-22(26)20-12-15-25(16-13-20)29(27,28)17-19-5-2-1-3-6-19/h1-3,5-6,8-11,20H,4,7,12-17H2,(H,24,26). The molecule has 1 aliphatic heterocycles. The van der Waals surface area contributed by atoms with Gasteiger partial charge in [0.05, 0.1) is 5.75 Å². The molecule has 0 unspecified atom stereocenters. The Morgan fingerprint density at radius 2 is 1.66 bits per heavy atom. The highest BCUT2D eigenvalue weighted by Gasteiger charge is 2.30. The van der Waals surface area contributed by atoms with Crippen molar-refractivity contribution in [2.24, 2.45) is 5.92 Å². The summed E-state index contributed by atoms with van der Waals surface area (Å²) in [6.07, 6.45) is 2.87. The molecule has 7 heteroatoms. The molecule has 0 saturated carbocycles. The molecule has 0 aromatic heterocycles. The lowest BCUT2D eigenvalue weighted by molar-refractivity contribution is -0.126. The van der Waals surface area contributed by atoms with Gasteiger partial charge in [-0.15, -0.1) is 0 Å². The van der Waals surface area contributed by atoms with Gasteiger partial charge >= 0.3 is 0 Å². The Bertz CT molecular complexity index is 893. The summed E-state index contributed by atoms with van der Waals surface area (Å²) < 4.78 is 26.7. The molecule has 156 valence electrons. The van der Waals surface area contributed by atoms with E-state index < -0.39 is 10.0 Å². The fourth-order valence-electron chi connectivity index (χ4n) is 3.57. The fourth-order valence-corrected chi connectivity index (χ4v) is 5.26. The minimum Gasteiger partial charge on any atom is -0.356 e. The van der Waals surface area contributed by atoms with Gasteiger partial charge in [-0.1, -0.05) is 54.1 Å². The summed E-state index contributed by atoms with van der Waals surface area (Å²) in [6.45, 7) is 1.42. The Kier molecular flexibility index (Phi) is 7.70. The molecule has 3 rings (SSSR count). The summed E-state index contributed by atoms with van der Waals surface area (Å²) in [4.78, 5) is 12.4. The van der Waals surface area contributed by atoms with Gasteiger partial charge in [0.1, 0.15) is 0 Å². The third-order valence-electron chi connectivity index (χ3n) is 5.26. The average molecular weight is 435 g/mol. The second-order valence-electron chi connectivity index (χ2n) is 7.44. The first kappa shape index (κ1) is 21.8. The van der Waals surface area contributed by atoms with Crippen LogP contribution in [0.3, 0.4) is 0 Å². The van der Waals surface area contributed by atoms with Crippen molar-refractivity contribution in [2.75, 3.05) is 19.6 Å². The Labute approximate surface area is 178 Å². The number of nitrogens with zero attached hydrogens (tertiary/aromatic N) is 1. The quantitative estimate of drug-likeness (QED) is 0.645. The van der Waals surface area contributed by atoms with Crippen LogP contribution in [0.1, 0.15) is 30.4 Å². The third kappa shape index (κ3) is 6.56. The number of sulfonamides is 1. The summed E-state index contributed by atoms with van der Waals surface area (Å²) in [7, 11) is -3.35. The van der Waals surface area contributed by atoms with E-state index >= 15 is 0 Å². The van der Waals surface area contributed by atoms with Crippen molar-refractivity contribution in [2.45, 2.75) is 31.4 Å². The molecule has 5 nitrogen and oxygen atoms in total. The van der Waals surface area contributed by atoms with Crippen LogP contribution in [0.4, 0.5) is 0 Å². The highest BCUT2D eigenvalue weighted by atomic mass is 35.5. The highest BCUT2D eigenvalue weighted by molar-refractivity contribution is 7.88. The molecule has 1 heterocycles. The molecule has 0 radical (unpaired) electrons. The van der Waals surface area contributed by atoms with Crippen molar-refractivity contribution in [3.63, 3.8) is 0 Å². The molecule has 0 bridgehead atoms. The number of hydrogen-bond acceptors (Lipinski definition) is 3. The number of halogens is 1. The topological polar surface area (TPSA) is 66.5 Å². The van der Waals surface area contributed by atoms with Crippen molar-refractivity contribution in [1.29, 1.82) is 0 Å². The van der Waals surface area contributed by atoms with Crippen LogP contribution in [0.5, 0.6) is 0 Å². The van der Waals surface area contributed by atoms with Crippen molar-refractivity contribution in [1.82, 2.24) is 9.62 Å². The molecule has 0 aliphatic carbocycles. The maximum Gasteiger partial charge on any atom is 0.223 e. The summed E-state index contributed by atoms with van der Waals surface area (Å²) in [6, 6.07) is 16.9. The van der Waals surface area contributed by atoms with Gasteiger partial charge in [-0.3, -0.25) is 4.79 Å². The average Bonchev–Trinajstić information content (AvgIpc) is 2.73. The van der Waals surface area contributed by atoms with Gasteiger partial charge in [-0.25, -0.2) is 12.7 Å². The Morgan fingerprint density at radius 3 is 2.31 bits per heavy atom. The zero-order valence-corrected chi connectivity index (χ0v) is 18.0. The summed E-state index contributed by atoms with van der Waals surface area (Å²) in [5, 5.41) is 3.72. The van der Waals surface area contributed by atoms with E-state index in [1.54, 1.807) is 0 Å². The maximum absolute atomic E-state index is 12.6. The number of rotatable bonds is 8. The molecule has 29 heavy (non-hydrogen) atoms. The molecule has 0 atom stereocenters. The van der Waals surface area contributed by atoms with Crippen LogP contribution in [0.2, 0.25) is 5.02 Å². The number of benzene rings is 2. The molecule has 1 fully saturated rings. The minimum absolute atomic E-state index is 0.00933. The maximum atomic E-state index is 12.6. The Hall–Kier alpha value is -1.89. The number of hydrogen-bond donors (Lipinski definition) is 1. The molecule has 1 N–H and O–H groups in total. The first-order chi connectivity index (χ1) is 13.9. The van der Waals surface area contributed by atoms with E-state index in [2.05, 4.69) is 5.32 Å². The van der Waals surface area contributed by atoms with E-state index in [1.165, 1.54) is 9.87 Å². The number of nitrogens with one attached hydrogen (secondary N) is 1. The monoisotopic (exact) mass is 434 g/mol. The van der Waals surface area contributed by atoms with Crippen LogP contribution >= 0.6 is 11.6 Å². The van der Waals surface area contributed by atoms with E-state index in [0.717, 1.165) is 23.4 Å². The lowest BCUT2D eigenvalue weighted by Gasteiger charge is -2.30. The molecule has 1 saturated heterocycles. The van der Waals surface area contributed by atoms with Crippen molar-refractivity contribution >= 4 is 27.5 Å². The second-order valence-corrected chi connectivity index (χ2v) is 9.84. The normalized spacial score (nSPS) is 15.9. The first-order valence-electron chi connectivity index (χ1n) is 9.98. The molecule has 1 amide bonds.